The molecule has 0 radical (unpaired) electrons. The van der Waals surface area contributed by atoms with Gasteiger partial charge in [-0.05, 0) is 36.4 Å². The minimum Gasteiger partial charge on any atom is -0.468 e. The lowest BCUT2D eigenvalue weighted by Crippen LogP contribution is -2.42. The predicted molar refractivity (Wildman–Crippen MR) is 118 cm³/mol. The number of carbonyl (C=O) groups excluding carboxylic acids is 3. The number of carbonyl (C=O) groups is 3. The Hall–Kier alpha value is -3.67. The van der Waals surface area contributed by atoms with Gasteiger partial charge in [0.25, 0.3) is 5.91 Å². The number of rotatable bonds is 8. The van der Waals surface area contributed by atoms with Crippen molar-refractivity contribution in [2.45, 2.75) is 6.29 Å². The Labute approximate surface area is 187 Å². The normalized spacial score (nSPS) is 11.2. The summed E-state index contributed by atoms with van der Waals surface area (Å²) in [5, 5.41) is 4.95. The largest absolute Gasteiger partial charge is 0.468 e. The average Bonchev–Trinajstić information content (AvgIpc) is 2.84. The smallest absolute Gasteiger partial charge is 0.320 e. The summed E-state index contributed by atoms with van der Waals surface area (Å²) in [6.45, 7) is -0.171. The SMILES string of the molecule is CNC(=O)C(CNC(=O)c1ccc(C#Cc2ccc(C(OC)OC)cc2)cc1)C(=O)OC. The van der Waals surface area contributed by atoms with Gasteiger partial charge >= 0.3 is 5.97 Å². The van der Waals surface area contributed by atoms with Crippen LogP contribution in [-0.2, 0) is 23.8 Å². The van der Waals surface area contributed by atoms with Crippen molar-refractivity contribution < 1.29 is 28.6 Å². The molecule has 2 rings (SSSR count). The van der Waals surface area contributed by atoms with Crippen molar-refractivity contribution in [3.8, 4) is 11.8 Å². The molecule has 8 nitrogen and oxygen atoms in total. The van der Waals surface area contributed by atoms with Gasteiger partial charge in [0.2, 0.25) is 5.91 Å². The maximum Gasteiger partial charge on any atom is 0.320 e. The van der Waals surface area contributed by atoms with Crippen LogP contribution in [0.1, 0.15) is 33.3 Å². The van der Waals surface area contributed by atoms with Crippen LogP contribution in [0.15, 0.2) is 48.5 Å². The Morgan fingerprint density at radius 2 is 1.41 bits per heavy atom. The molecule has 0 heterocycles. The second-order valence-electron chi connectivity index (χ2n) is 6.65. The van der Waals surface area contributed by atoms with E-state index < -0.39 is 30.0 Å². The summed E-state index contributed by atoms with van der Waals surface area (Å²) in [7, 11) is 5.74. The molecule has 0 fully saturated rings. The molecule has 2 aromatic carbocycles. The Balaban J connectivity index is 2.00. The minimum absolute atomic E-state index is 0.171. The second kappa shape index (κ2) is 12.2. The van der Waals surface area contributed by atoms with Gasteiger partial charge in [0, 0.05) is 50.1 Å². The third-order valence-corrected chi connectivity index (χ3v) is 4.62. The van der Waals surface area contributed by atoms with E-state index in [4.69, 9.17) is 9.47 Å². The van der Waals surface area contributed by atoms with Crippen molar-refractivity contribution in [1.82, 2.24) is 10.6 Å². The molecule has 0 aromatic heterocycles. The van der Waals surface area contributed by atoms with Crippen molar-refractivity contribution in [1.29, 1.82) is 0 Å². The highest BCUT2D eigenvalue weighted by atomic mass is 16.7. The molecule has 2 N–H and O–H groups in total. The van der Waals surface area contributed by atoms with E-state index in [0.29, 0.717) is 5.56 Å². The molecule has 32 heavy (non-hydrogen) atoms. The average molecular weight is 438 g/mol. The Bertz CT molecular complexity index is 970. The molecular formula is C24H26N2O6. The van der Waals surface area contributed by atoms with Gasteiger partial charge < -0.3 is 24.8 Å². The van der Waals surface area contributed by atoms with Gasteiger partial charge in [0.15, 0.2) is 12.2 Å². The first-order chi connectivity index (χ1) is 15.4. The number of hydrogen-bond donors (Lipinski definition) is 2. The van der Waals surface area contributed by atoms with E-state index in [9.17, 15) is 14.4 Å². The van der Waals surface area contributed by atoms with E-state index >= 15 is 0 Å². The molecule has 0 bridgehead atoms. The number of ether oxygens (including phenoxy) is 3. The van der Waals surface area contributed by atoms with E-state index in [1.165, 1.54) is 14.2 Å². The zero-order valence-corrected chi connectivity index (χ0v) is 18.4. The van der Waals surface area contributed by atoms with Crippen LogP contribution in [0.3, 0.4) is 0 Å². The fourth-order valence-electron chi connectivity index (χ4n) is 2.84. The van der Waals surface area contributed by atoms with Gasteiger partial charge in [-0.2, -0.15) is 0 Å². The van der Waals surface area contributed by atoms with Crippen molar-refractivity contribution in [3.05, 3.63) is 70.8 Å². The van der Waals surface area contributed by atoms with Gasteiger partial charge in [-0.3, -0.25) is 14.4 Å². The number of nitrogens with one attached hydrogen (secondary N) is 2. The van der Waals surface area contributed by atoms with Gasteiger partial charge in [0.05, 0.1) is 7.11 Å². The molecule has 2 amide bonds. The van der Waals surface area contributed by atoms with Crippen LogP contribution in [0.2, 0.25) is 0 Å². The zero-order chi connectivity index (χ0) is 23.5. The quantitative estimate of drug-likeness (QED) is 0.281. The molecule has 2 aromatic rings. The van der Waals surface area contributed by atoms with Gasteiger partial charge in [-0.25, -0.2) is 0 Å². The van der Waals surface area contributed by atoms with Crippen molar-refractivity contribution in [3.63, 3.8) is 0 Å². The third-order valence-electron chi connectivity index (χ3n) is 4.62. The molecule has 0 aliphatic heterocycles. The predicted octanol–water partition coefficient (Wildman–Crippen LogP) is 1.64. The first-order valence-corrected chi connectivity index (χ1v) is 9.78. The molecular weight excluding hydrogens is 412 g/mol. The number of hydrogen-bond acceptors (Lipinski definition) is 6. The topological polar surface area (TPSA) is 103 Å². The van der Waals surface area contributed by atoms with Crippen LogP contribution in [-0.4, -0.2) is 52.7 Å². The van der Waals surface area contributed by atoms with Crippen LogP contribution in [0.5, 0.6) is 0 Å². The highest BCUT2D eigenvalue weighted by molar-refractivity contribution is 5.99. The lowest BCUT2D eigenvalue weighted by molar-refractivity contribution is -0.149. The summed E-state index contributed by atoms with van der Waals surface area (Å²) in [6.07, 6.45) is -0.421. The fraction of sp³-hybridized carbons (Fsp3) is 0.292. The number of methoxy groups -OCH3 is 3. The van der Waals surface area contributed by atoms with Crippen LogP contribution >= 0.6 is 0 Å². The Morgan fingerprint density at radius 1 is 0.875 bits per heavy atom. The zero-order valence-electron chi connectivity index (χ0n) is 18.4. The van der Waals surface area contributed by atoms with Crippen LogP contribution in [0, 0.1) is 17.8 Å². The van der Waals surface area contributed by atoms with E-state index in [1.54, 1.807) is 38.5 Å². The lowest BCUT2D eigenvalue weighted by atomic mass is 10.1. The van der Waals surface area contributed by atoms with Crippen LogP contribution in [0.4, 0.5) is 0 Å². The minimum atomic E-state index is -1.12. The molecule has 0 saturated carbocycles. The Morgan fingerprint density at radius 3 is 1.88 bits per heavy atom. The van der Waals surface area contributed by atoms with Crippen molar-refractivity contribution in [2.24, 2.45) is 5.92 Å². The molecule has 0 aliphatic rings. The second-order valence-corrected chi connectivity index (χ2v) is 6.65. The molecule has 8 heteroatoms. The highest BCUT2D eigenvalue weighted by Gasteiger charge is 2.27. The molecule has 0 spiro atoms. The lowest BCUT2D eigenvalue weighted by Gasteiger charge is -2.14. The molecule has 1 atom stereocenters. The first-order valence-electron chi connectivity index (χ1n) is 9.78. The fourth-order valence-corrected chi connectivity index (χ4v) is 2.84. The molecule has 1 unspecified atom stereocenters. The summed E-state index contributed by atoms with van der Waals surface area (Å²) < 4.78 is 15.0. The van der Waals surface area contributed by atoms with E-state index in [0.717, 1.165) is 16.7 Å². The maximum atomic E-state index is 12.3. The van der Waals surface area contributed by atoms with Gasteiger partial charge in [-0.15, -0.1) is 0 Å². The highest BCUT2D eigenvalue weighted by Crippen LogP contribution is 2.17. The number of esters is 1. The van der Waals surface area contributed by atoms with Gasteiger partial charge in [-0.1, -0.05) is 24.0 Å². The molecule has 0 aliphatic carbocycles. The molecule has 0 saturated heterocycles. The monoisotopic (exact) mass is 438 g/mol. The summed E-state index contributed by atoms with van der Waals surface area (Å²) in [5.41, 5.74) is 2.83. The summed E-state index contributed by atoms with van der Waals surface area (Å²) in [5.74, 6) is 3.32. The summed E-state index contributed by atoms with van der Waals surface area (Å²) in [6, 6.07) is 14.2. The van der Waals surface area contributed by atoms with Crippen LogP contribution in [0.25, 0.3) is 0 Å². The van der Waals surface area contributed by atoms with E-state index in [2.05, 4.69) is 27.2 Å². The maximum absolute atomic E-state index is 12.3. The van der Waals surface area contributed by atoms with E-state index in [1.807, 2.05) is 24.3 Å². The van der Waals surface area contributed by atoms with Crippen LogP contribution < -0.4 is 10.6 Å². The van der Waals surface area contributed by atoms with Crippen molar-refractivity contribution >= 4 is 17.8 Å². The standard InChI is InChI=1S/C24H26N2O6/c1-25-22(28)20(23(29)30-2)15-26-21(27)18-11-7-16(8-12-18)5-6-17-9-13-19(14-10-17)24(31-3)32-4/h7-14,20,24H,15H2,1-4H3,(H,25,28)(H,26,27). The number of benzene rings is 2. The van der Waals surface area contributed by atoms with Gasteiger partial charge in [0.1, 0.15) is 0 Å². The summed E-state index contributed by atoms with van der Waals surface area (Å²) >= 11 is 0. The van der Waals surface area contributed by atoms with E-state index in [-0.39, 0.29) is 6.54 Å². The Kier molecular flexibility index (Phi) is 9.42. The summed E-state index contributed by atoms with van der Waals surface area (Å²) in [4.78, 5) is 35.8. The number of amides is 2. The van der Waals surface area contributed by atoms with Crippen molar-refractivity contribution in [2.75, 3.05) is 34.9 Å². The third kappa shape index (κ3) is 6.67. The molecule has 168 valence electrons. The first kappa shape index (κ1) is 24.6.